The molecule has 23 heteroatoms. The summed E-state index contributed by atoms with van der Waals surface area (Å²) < 4.78 is 305. The number of halogens is 20. The minimum Gasteiger partial charge on any atom is -0.207 e. The van der Waals surface area contributed by atoms with Gasteiger partial charge in [0.2, 0.25) is 0 Å². The molecule has 4 aromatic carbocycles. The van der Waals surface area contributed by atoms with Gasteiger partial charge in [-0.3, -0.25) is 0 Å². The van der Waals surface area contributed by atoms with Crippen molar-refractivity contribution in [3.8, 4) is 0 Å². The first-order valence-electron chi connectivity index (χ1n) is 13.0. The molecule has 4 rings (SSSR count). The Kier molecular flexibility index (Phi) is 11.6. The maximum Gasteiger partial charge on any atom is 0.200 e. The first-order valence-corrected chi connectivity index (χ1v) is 15.6. The van der Waals surface area contributed by atoms with Crippen LogP contribution in [0, 0.1) is 116 Å². The van der Waals surface area contributed by atoms with Crippen LogP contribution >= 0.6 is 0 Å². The van der Waals surface area contributed by atoms with Crippen molar-refractivity contribution in [1.82, 2.24) is 0 Å². The van der Waals surface area contributed by atoms with Gasteiger partial charge in [-0.05, 0) is 6.08 Å². The van der Waals surface area contributed by atoms with E-state index in [0.717, 1.165) is 0 Å². The van der Waals surface area contributed by atoms with Crippen molar-refractivity contribution in [2.45, 2.75) is 0 Å². The van der Waals surface area contributed by atoms with E-state index < -0.39 is 154 Å². The standard InChI is InChI=1S/C24BF20.C5H11OS/c26-5-1(6(27)14(35)21(42)13(5)34)25(2-7(28)15(36)22(43)16(37)8(2)29,3-9(30)17(38)23(44)18(39)10(3)31)4-11(32)19(40)24(45)20(41)12(4)33;1-4-5-7(2,3)6/h;4H,1,5H2,2-3H3/q-1;+1. The second-order valence-corrected chi connectivity index (χ2v) is 13.9. The summed E-state index contributed by atoms with van der Waals surface area (Å²) in [5.74, 6) is -70.8. The number of benzene rings is 4. The first-order chi connectivity index (χ1) is 23.8. The molecular weight excluding hydrogens is 787 g/mol. The molecule has 0 aliphatic heterocycles. The minimum atomic E-state index is -7.22. The Balaban J connectivity index is 0.000000944. The molecule has 0 aliphatic carbocycles. The summed E-state index contributed by atoms with van der Waals surface area (Å²) in [6, 6.07) is 0. The van der Waals surface area contributed by atoms with E-state index in [1.807, 2.05) is 0 Å². The highest BCUT2D eigenvalue weighted by Crippen LogP contribution is 2.30. The Labute approximate surface area is 277 Å². The van der Waals surface area contributed by atoms with Gasteiger partial charge in [0, 0.05) is 0 Å². The fourth-order valence-electron chi connectivity index (χ4n) is 5.16. The zero-order valence-corrected chi connectivity index (χ0v) is 25.8. The van der Waals surface area contributed by atoms with Crippen molar-refractivity contribution >= 4 is 37.9 Å². The largest absolute Gasteiger partial charge is 0.207 e. The van der Waals surface area contributed by atoms with E-state index in [1.54, 1.807) is 18.6 Å². The maximum absolute atomic E-state index is 15.4. The molecular formula is C29H11BF20OS. The number of hydrogen-bond acceptors (Lipinski definition) is 1. The zero-order valence-electron chi connectivity index (χ0n) is 24.9. The lowest BCUT2D eigenvalue weighted by Gasteiger charge is -2.44. The van der Waals surface area contributed by atoms with Crippen molar-refractivity contribution in [2.75, 3.05) is 18.3 Å². The minimum absolute atomic E-state index is 0.632. The molecule has 1 nitrogen and oxygen atoms in total. The second kappa shape index (κ2) is 14.5. The van der Waals surface area contributed by atoms with Crippen LogP contribution in [0.5, 0.6) is 0 Å². The number of hydrogen-bond donors (Lipinski definition) is 0. The SMILES string of the molecule is C=CC[S+](C)(C)=O.Fc1c(F)c(F)c([B-](c2c(F)c(F)c(F)c(F)c2F)(c2c(F)c(F)c(F)c(F)c2F)c2c(F)c(F)c(F)c(F)c2F)c(F)c1F. The Bertz CT molecular complexity index is 1820. The molecule has 282 valence electrons. The fraction of sp³-hybridized carbons (Fsp3) is 0.103. The van der Waals surface area contributed by atoms with Crippen LogP contribution < -0.4 is 21.9 Å². The van der Waals surface area contributed by atoms with Gasteiger partial charge >= 0.3 is 0 Å². The normalized spacial score (nSPS) is 11.9. The van der Waals surface area contributed by atoms with Crippen molar-refractivity contribution in [3.63, 3.8) is 0 Å². The Morgan fingerprint density at radius 2 is 0.500 bits per heavy atom. The van der Waals surface area contributed by atoms with E-state index in [1.165, 1.54) is 0 Å². The Morgan fingerprint density at radius 3 is 0.596 bits per heavy atom. The van der Waals surface area contributed by atoms with Crippen LogP contribution in [0.1, 0.15) is 0 Å². The van der Waals surface area contributed by atoms with Gasteiger partial charge in [-0.25, -0.2) is 87.8 Å². The summed E-state index contributed by atoms with van der Waals surface area (Å²) in [6.45, 7) is 3.47. The molecule has 0 N–H and O–H groups in total. The van der Waals surface area contributed by atoms with Gasteiger partial charge in [-0.1, -0.05) is 6.58 Å². The molecule has 0 aromatic heterocycles. The van der Waals surface area contributed by atoms with Crippen LogP contribution in [0.15, 0.2) is 12.7 Å². The van der Waals surface area contributed by atoms with Gasteiger partial charge in [0.05, 0.1) is 9.93 Å². The van der Waals surface area contributed by atoms with Gasteiger partial charge in [0.15, 0.2) is 69.8 Å². The van der Waals surface area contributed by atoms with Gasteiger partial charge < -0.3 is 0 Å². The van der Waals surface area contributed by atoms with Crippen molar-refractivity contribution in [2.24, 2.45) is 0 Å². The van der Waals surface area contributed by atoms with E-state index in [2.05, 4.69) is 6.58 Å². The van der Waals surface area contributed by atoms with E-state index in [-0.39, 0.29) is 0 Å². The third-order valence-electron chi connectivity index (χ3n) is 7.23. The van der Waals surface area contributed by atoms with Crippen LogP contribution in [0.2, 0.25) is 0 Å². The van der Waals surface area contributed by atoms with Gasteiger partial charge in [0.1, 0.15) is 70.9 Å². The lowest BCUT2D eigenvalue weighted by Crippen LogP contribution is -2.81. The van der Waals surface area contributed by atoms with Crippen LogP contribution in [-0.4, -0.2) is 24.4 Å². The molecule has 0 amide bonds. The van der Waals surface area contributed by atoms with E-state index in [4.69, 9.17) is 0 Å². The molecule has 0 saturated carbocycles. The van der Waals surface area contributed by atoms with Gasteiger partial charge in [0.25, 0.3) is 0 Å². The highest BCUT2D eigenvalue weighted by atomic mass is 32.2. The summed E-state index contributed by atoms with van der Waals surface area (Å²) in [5.41, 5.74) is -14.3. The molecule has 0 radical (unpaired) electrons. The molecule has 0 unspecified atom stereocenters. The highest BCUT2D eigenvalue weighted by molar-refractivity contribution is 8.01. The summed E-state index contributed by atoms with van der Waals surface area (Å²) in [6.07, 6.45) is -2.07. The smallest absolute Gasteiger partial charge is 0.200 e. The molecule has 0 fully saturated rings. The summed E-state index contributed by atoms with van der Waals surface area (Å²) in [7, 11) is -1.54. The van der Waals surface area contributed by atoms with Crippen LogP contribution in [0.4, 0.5) is 87.8 Å². The molecule has 0 bridgehead atoms. The molecule has 0 heterocycles. The van der Waals surface area contributed by atoms with Gasteiger partial charge in [-0.15, -0.1) is 26.1 Å². The predicted molar refractivity (Wildman–Crippen MR) is 144 cm³/mol. The first kappa shape index (κ1) is 41.9. The van der Waals surface area contributed by atoms with E-state index in [9.17, 15) is 56.9 Å². The van der Waals surface area contributed by atoms with E-state index >= 15 is 35.1 Å². The summed E-state index contributed by atoms with van der Waals surface area (Å²) >= 11 is 0. The summed E-state index contributed by atoms with van der Waals surface area (Å²) in [5, 5.41) is 0. The molecule has 0 saturated heterocycles. The highest BCUT2D eigenvalue weighted by Gasteiger charge is 2.52. The zero-order chi connectivity index (χ0) is 40.3. The second-order valence-electron chi connectivity index (χ2n) is 10.7. The lowest BCUT2D eigenvalue weighted by atomic mass is 9.12. The van der Waals surface area contributed by atoms with Crippen molar-refractivity contribution < 1.29 is 92.0 Å². The monoisotopic (exact) mass is 798 g/mol. The summed E-state index contributed by atoms with van der Waals surface area (Å²) in [4.78, 5) is 0. The van der Waals surface area contributed by atoms with Crippen LogP contribution in [0.3, 0.4) is 0 Å². The molecule has 0 atom stereocenters. The predicted octanol–water partition coefficient (Wildman–Crippen LogP) is 6.78. The fourth-order valence-corrected chi connectivity index (χ4v) is 5.73. The molecule has 52 heavy (non-hydrogen) atoms. The Morgan fingerprint density at radius 1 is 0.365 bits per heavy atom. The molecule has 4 aromatic rings. The quantitative estimate of drug-likeness (QED) is 0.0526. The molecule has 0 spiro atoms. The van der Waals surface area contributed by atoms with Crippen LogP contribution in [0.25, 0.3) is 0 Å². The average molecular weight is 798 g/mol. The van der Waals surface area contributed by atoms with Crippen molar-refractivity contribution in [1.29, 1.82) is 0 Å². The van der Waals surface area contributed by atoms with Crippen molar-refractivity contribution in [3.05, 3.63) is 129 Å². The maximum atomic E-state index is 15.4. The topological polar surface area (TPSA) is 17.1 Å². The number of rotatable bonds is 6. The third kappa shape index (κ3) is 6.29. The Hall–Kier alpha value is -4.57. The third-order valence-corrected chi connectivity index (χ3v) is 8.26. The molecule has 0 aliphatic rings. The lowest BCUT2D eigenvalue weighted by molar-refractivity contribution is 0.378. The average Bonchev–Trinajstić information content (AvgIpc) is 3.07. The van der Waals surface area contributed by atoms with Gasteiger partial charge in [-0.2, -0.15) is 0 Å². The van der Waals surface area contributed by atoms with Crippen LogP contribution in [-0.2, 0) is 14.1 Å². The van der Waals surface area contributed by atoms with E-state index in [0.29, 0.717) is 5.75 Å².